The summed E-state index contributed by atoms with van der Waals surface area (Å²) in [6.07, 6.45) is 6.81. The number of aliphatic hydroxyl groups is 1. The van der Waals surface area contributed by atoms with Crippen molar-refractivity contribution in [2.24, 2.45) is 5.41 Å². The van der Waals surface area contributed by atoms with Crippen molar-refractivity contribution in [2.45, 2.75) is 18.4 Å². The summed E-state index contributed by atoms with van der Waals surface area (Å²) in [6, 6.07) is 7.92. The number of carbonyl (C=O) groups excluding carboxylic acids is 1. The number of methoxy groups -OCH3 is 1. The Morgan fingerprint density at radius 1 is 1.39 bits per heavy atom. The van der Waals surface area contributed by atoms with Crippen molar-refractivity contribution in [2.75, 3.05) is 7.11 Å². The van der Waals surface area contributed by atoms with E-state index < -0.39 is 11.5 Å². The summed E-state index contributed by atoms with van der Waals surface area (Å²) in [4.78, 5) is 12.8. The second kappa shape index (κ2) is 5.67. The lowest BCUT2D eigenvalue weighted by Gasteiger charge is -2.38. The molecule has 1 N–H and O–H groups in total. The standard InChI is InChI=1S/C20H20O3/c1-4-8-16-14-9-6-7-10-15(14)17-11-18(21)13(5-2)12-20(16,17)19(22)23-3/h4-10,12,17-18,21H,1-2,11H2,3H3/b16-8+/t17-,18+,20-/m1/s1. The van der Waals surface area contributed by atoms with E-state index in [1.807, 2.05) is 36.4 Å². The van der Waals surface area contributed by atoms with Crippen molar-refractivity contribution < 1.29 is 14.6 Å². The molecule has 0 heterocycles. The summed E-state index contributed by atoms with van der Waals surface area (Å²) in [7, 11) is 1.40. The molecule has 0 saturated carbocycles. The van der Waals surface area contributed by atoms with Crippen molar-refractivity contribution in [3.05, 3.63) is 78.4 Å². The Morgan fingerprint density at radius 3 is 2.78 bits per heavy atom. The quantitative estimate of drug-likeness (QED) is 0.871. The fraction of sp³-hybridized carbons (Fsp3) is 0.250. The van der Waals surface area contributed by atoms with Crippen LogP contribution >= 0.6 is 0 Å². The van der Waals surface area contributed by atoms with E-state index in [-0.39, 0.29) is 11.9 Å². The number of fused-ring (bicyclic) bond motifs is 3. The van der Waals surface area contributed by atoms with Crippen LogP contribution < -0.4 is 0 Å². The van der Waals surface area contributed by atoms with Gasteiger partial charge >= 0.3 is 5.97 Å². The molecule has 0 spiro atoms. The van der Waals surface area contributed by atoms with Crippen LogP contribution in [0.2, 0.25) is 0 Å². The molecule has 0 aliphatic heterocycles. The van der Waals surface area contributed by atoms with Gasteiger partial charge in [-0.15, -0.1) is 0 Å². The van der Waals surface area contributed by atoms with E-state index in [4.69, 9.17) is 4.74 Å². The highest BCUT2D eigenvalue weighted by atomic mass is 16.5. The maximum Gasteiger partial charge on any atom is 0.320 e. The minimum atomic E-state index is -0.935. The molecule has 0 bridgehead atoms. The van der Waals surface area contributed by atoms with Crippen molar-refractivity contribution in [1.29, 1.82) is 0 Å². The van der Waals surface area contributed by atoms with Gasteiger partial charge in [0.1, 0.15) is 5.41 Å². The molecule has 0 radical (unpaired) electrons. The minimum absolute atomic E-state index is 0.156. The third-order valence-electron chi connectivity index (χ3n) is 4.90. The number of esters is 1. The Hall–Kier alpha value is -2.39. The van der Waals surface area contributed by atoms with E-state index in [1.165, 1.54) is 7.11 Å². The number of hydrogen-bond acceptors (Lipinski definition) is 3. The number of hydrogen-bond donors (Lipinski definition) is 1. The number of benzene rings is 1. The summed E-state index contributed by atoms with van der Waals surface area (Å²) in [5.41, 5.74) is 2.66. The third-order valence-corrected chi connectivity index (χ3v) is 4.90. The first-order chi connectivity index (χ1) is 11.1. The molecule has 3 atom stereocenters. The van der Waals surface area contributed by atoms with Gasteiger partial charge in [-0.1, -0.05) is 61.7 Å². The molecule has 0 fully saturated rings. The highest BCUT2D eigenvalue weighted by molar-refractivity contribution is 6.01. The van der Waals surface area contributed by atoms with Gasteiger partial charge in [-0.2, -0.15) is 0 Å². The lowest BCUT2D eigenvalue weighted by atomic mass is 9.66. The van der Waals surface area contributed by atoms with Crippen LogP contribution in [0, 0.1) is 5.41 Å². The zero-order valence-corrected chi connectivity index (χ0v) is 13.2. The maximum atomic E-state index is 12.8. The van der Waals surface area contributed by atoms with Crippen molar-refractivity contribution >= 4 is 11.5 Å². The first-order valence-electron chi connectivity index (χ1n) is 7.64. The van der Waals surface area contributed by atoms with Crippen LogP contribution in [0.1, 0.15) is 23.5 Å². The van der Waals surface area contributed by atoms with Gasteiger partial charge in [0.2, 0.25) is 0 Å². The fourth-order valence-corrected chi connectivity index (χ4v) is 3.93. The maximum absolute atomic E-state index is 12.8. The van der Waals surface area contributed by atoms with E-state index >= 15 is 0 Å². The highest BCUT2D eigenvalue weighted by Crippen LogP contribution is 2.60. The van der Waals surface area contributed by atoms with Gasteiger partial charge in [-0.3, -0.25) is 4.79 Å². The van der Waals surface area contributed by atoms with E-state index in [2.05, 4.69) is 13.2 Å². The Morgan fingerprint density at radius 2 is 2.13 bits per heavy atom. The lowest BCUT2D eigenvalue weighted by molar-refractivity contribution is -0.148. The molecule has 2 aliphatic carbocycles. The molecule has 3 rings (SSSR count). The molecule has 3 nitrogen and oxygen atoms in total. The van der Waals surface area contributed by atoms with Crippen LogP contribution in [0.25, 0.3) is 5.57 Å². The van der Waals surface area contributed by atoms with Crippen LogP contribution in [-0.2, 0) is 9.53 Å². The largest absolute Gasteiger partial charge is 0.468 e. The Labute approximate surface area is 136 Å². The molecule has 0 unspecified atom stereocenters. The van der Waals surface area contributed by atoms with E-state index in [0.29, 0.717) is 12.0 Å². The third kappa shape index (κ3) is 2.04. The molecule has 1 aromatic carbocycles. The number of carbonyl (C=O) groups is 1. The van der Waals surface area contributed by atoms with Gasteiger partial charge in [0, 0.05) is 5.92 Å². The Bertz CT molecular complexity index is 741. The van der Waals surface area contributed by atoms with E-state index in [9.17, 15) is 9.90 Å². The van der Waals surface area contributed by atoms with Gasteiger partial charge in [0.05, 0.1) is 13.2 Å². The Balaban J connectivity index is 2.36. The van der Waals surface area contributed by atoms with Crippen LogP contribution in [-0.4, -0.2) is 24.3 Å². The summed E-state index contributed by atoms with van der Waals surface area (Å²) in [5, 5.41) is 10.4. The minimum Gasteiger partial charge on any atom is -0.468 e. The SMILES string of the molecule is C=C/C=C1\c2ccccc2[C@H]2C[C@H](O)C(C=C)=C[C@@]12C(=O)OC. The normalized spacial score (nSPS) is 30.2. The van der Waals surface area contributed by atoms with Gasteiger partial charge in [-0.25, -0.2) is 0 Å². The Kier molecular flexibility index (Phi) is 3.82. The summed E-state index contributed by atoms with van der Waals surface area (Å²) in [5.74, 6) is -0.478. The van der Waals surface area contributed by atoms with Gasteiger partial charge in [0.25, 0.3) is 0 Å². The van der Waals surface area contributed by atoms with Gasteiger partial charge < -0.3 is 9.84 Å². The topological polar surface area (TPSA) is 46.5 Å². The molecule has 0 saturated heterocycles. The molecule has 118 valence electrons. The monoisotopic (exact) mass is 308 g/mol. The first-order valence-corrected chi connectivity index (χ1v) is 7.64. The van der Waals surface area contributed by atoms with Crippen molar-refractivity contribution in [3.8, 4) is 0 Å². The molecule has 0 aromatic heterocycles. The predicted molar refractivity (Wildman–Crippen MR) is 90.7 cm³/mol. The highest BCUT2D eigenvalue weighted by Gasteiger charge is 2.56. The molecule has 3 heteroatoms. The van der Waals surface area contributed by atoms with Crippen LogP contribution in [0.5, 0.6) is 0 Å². The fourth-order valence-electron chi connectivity index (χ4n) is 3.93. The lowest BCUT2D eigenvalue weighted by Crippen LogP contribution is -2.39. The molecule has 1 aromatic rings. The summed E-state index contributed by atoms with van der Waals surface area (Å²) in [6.45, 7) is 7.55. The number of ether oxygens (including phenoxy) is 1. The van der Waals surface area contributed by atoms with Crippen LogP contribution in [0.3, 0.4) is 0 Å². The number of aliphatic hydroxyl groups excluding tert-OH is 1. The number of allylic oxidation sites excluding steroid dienone is 2. The second-order valence-corrected chi connectivity index (χ2v) is 5.92. The summed E-state index contributed by atoms with van der Waals surface area (Å²) >= 11 is 0. The average molecular weight is 308 g/mol. The van der Waals surface area contributed by atoms with Gasteiger partial charge in [0.15, 0.2) is 0 Å². The van der Waals surface area contributed by atoms with E-state index in [0.717, 1.165) is 16.7 Å². The first kappa shape index (κ1) is 15.5. The average Bonchev–Trinajstić information content (AvgIpc) is 2.85. The molecule has 23 heavy (non-hydrogen) atoms. The number of rotatable bonds is 3. The van der Waals surface area contributed by atoms with Gasteiger partial charge in [-0.05, 0) is 28.7 Å². The summed E-state index contributed by atoms with van der Waals surface area (Å²) < 4.78 is 5.16. The smallest absolute Gasteiger partial charge is 0.320 e. The predicted octanol–water partition coefficient (Wildman–Crippen LogP) is 3.39. The zero-order valence-electron chi connectivity index (χ0n) is 13.2. The van der Waals surface area contributed by atoms with Crippen LogP contribution in [0.4, 0.5) is 0 Å². The molecular weight excluding hydrogens is 288 g/mol. The molecular formula is C20H20O3. The molecule has 2 aliphatic rings. The molecule has 0 amide bonds. The van der Waals surface area contributed by atoms with Crippen LogP contribution in [0.15, 0.2) is 67.3 Å². The zero-order chi connectivity index (χ0) is 16.6. The second-order valence-electron chi connectivity index (χ2n) is 5.92. The van der Waals surface area contributed by atoms with Crippen molar-refractivity contribution in [3.63, 3.8) is 0 Å². The van der Waals surface area contributed by atoms with Crippen molar-refractivity contribution in [1.82, 2.24) is 0 Å². The van der Waals surface area contributed by atoms with E-state index in [1.54, 1.807) is 12.2 Å².